The highest BCUT2D eigenvalue weighted by molar-refractivity contribution is 5.97. The van der Waals surface area contributed by atoms with Crippen molar-refractivity contribution in [2.24, 2.45) is 0 Å². The number of hydrogen-bond donors (Lipinski definition) is 2. The molecule has 1 saturated heterocycles. The number of amides is 1. The van der Waals surface area contributed by atoms with E-state index in [0.717, 1.165) is 18.1 Å². The van der Waals surface area contributed by atoms with Gasteiger partial charge in [0.15, 0.2) is 0 Å². The molecule has 5 nitrogen and oxygen atoms in total. The lowest BCUT2D eigenvalue weighted by Gasteiger charge is -2.24. The Morgan fingerprint density at radius 1 is 1.43 bits per heavy atom. The van der Waals surface area contributed by atoms with Crippen molar-refractivity contribution in [2.75, 3.05) is 13.2 Å². The zero-order valence-electron chi connectivity index (χ0n) is 12.2. The van der Waals surface area contributed by atoms with Crippen LogP contribution in [0.15, 0.2) is 24.3 Å². The van der Waals surface area contributed by atoms with E-state index in [1.54, 1.807) is 12.1 Å². The lowest BCUT2D eigenvalue weighted by atomic mass is 9.99. The number of carbonyl (C=O) groups excluding carboxylic acids is 1. The molecule has 0 spiro atoms. The van der Waals surface area contributed by atoms with Gasteiger partial charge in [0.2, 0.25) is 0 Å². The van der Waals surface area contributed by atoms with Gasteiger partial charge in [-0.15, -0.1) is 0 Å². The van der Waals surface area contributed by atoms with Gasteiger partial charge in [0.25, 0.3) is 5.91 Å². The van der Waals surface area contributed by atoms with Crippen molar-refractivity contribution in [3.63, 3.8) is 0 Å². The summed E-state index contributed by atoms with van der Waals surface area (Å²) in [5.41, 5.74) is 1.75. The van der Waals surface area contributed by atoms with Crippen LogP contribution in [0.4, 0.5) is 0 Å². The minimum atomic E-state index is -1.02. The fraction of sp³-hybridized carbons (Fsp3) is 0.375. The van der Waals surface area contributed by atoms with Gasteiger partial charge in [-0.05, 0) is 43.5 Å². The number of benzene rings is 1. The largest absolute Gasteiger partial charge is 0.478 e. The number of nitrogens with one attached hydrogen (secondary N) is 1. The second-order valence-electron chi connectivity index (χ2n) is 5.56. The second-order valence-corrected chi connectivity index (χ2v) is 5.56. The normalized spacial score (nSPS) is 21.6. The molecule has 0 saturated carbocycles. The fourth-order valence-corrected chi connectivity index (χ4v) is 2.26. The summed E-state index contributed by atoms with van der Waals surface area (Å²) in [6, 6.07) is 5.29. The summed E-state index contributed by atoms with van der Waals surface area (Å²) < 4.78 is 5.32. The molecule has 112 valence electrons. The van der Waals surface area contributed by atoms with E-state index in [0.29, 0.717) is 24.3 Å². The smallest absolute Gasteiger partial charge is 0.328 e. The van der Waals surface area contributed by atoms with Gasteiger partial charge in [-0.2, -0.15) is 0 Å². The lowest BCUT2D eigenvalue weighted by molar-refractivity contribution is -0.131. The van der Waals surface area contributed by atoms with Crippen LogP contribution in [0, 0.1) is 6.92 Å². The molecule has 0 aromatic heterocycles. The first-order valence-electron chi connectivity index (χ1n) is 6.82. The average molecular weight is 289 g/mol. The highest BCUT2D eigenvalue weighted by atomic mass is 16.5. The molecule has 2 N–H and O–H groups in total. The minimum absolute atomic E-state index is 0.161. The van der Waals surface area contributed by atoms with Gasteiger partial charge in [0.1, 0.15) is 0 Å². The molecule has 1 aliphatic rings. The van der Waals surface area contributed by atoms with Crippen LogP contribution in [0.25, 0.3) is 6.08 Å². The maximum absolute atomic E-state index is 12.4. The minimum Gasteiger partial charge on any atom is -0.478 e. The number of aliphatic carboxylic acids is 1. The highest BCUT2D eigenvalue weighted by Gasteiger charge is 2.31. The second kappa shape index (κ2) is 6.10. The summed E-state index contributed by atoms with van der Waals surface area (Å²) in [5, 5.41) is 11.7. The molecule has 1 fully saturated rings. The van der Waals surface area contributed by atoms with Gasteiger partial charge in [-0.3, -0.25) is 4.79 Å². The van der Waals surface area contributed by atoms with Crippen LogP contribution in [0.3, 0.4) is 0 Å². The molecule has 0 bridgehead atoms. The molecule has 1 aliphatic heterocycles. The van der Waals surface area contributed by atoms with Crippen LogP contribution in [0.1, 0.15) is 34.8 Å². The summed E-state index contributed by atoms with van der Waals surface area (Å²) in [6.45, 7) is 4.97. The van der Waals surface area contributed by atoms with E-state index >= 15 is 0 Å². The third kappa shape index (κ3) is 3.92. The molecule has 1 aromatic carbocycles. The standard InChI is InChI=1S/C16H19NO4/c1-11-3-4-12(5-6-14(18)19)9-13(11)15(20)17-16(2)7-8-21-10-16/h3-6,9H,7-8,10H2,1-2H3,(H,17,20)(H,18,19)/b6-5+. The third-order valence-electron chi connectivity index (χ3n) is 3.56. The Balaban J connectivity index is 2.19. The highest BCUT2D eigenvalue weighted by Crippen LogP contribution is 2.20. The maximum Gasteiger partial charge on any atom is 0.328 e. The van der Waals surface area contributed by atoms with E-state index in [2.05, 4.69) is 5.32 Å². The van der Waals surface area contributed by atoms with Crippen molar-refractivity contribution in [3.8, 4) is 0 Å². The van der Waals surface area contributed by atoms with Crippen molar-refractivity contribution in [1.29, 1.82) is 0 Å². The van der Waals surface area contributed by atoms with Crippen LogP contribution < -0.4 is 5.32 Å². The van der Waals surface area contributed by atoms with Crippen LogP contribution >= 0.6 is 0 Å². The Bertz CT molecular complexity index is 586. The number of carbonyl (C=O) groups is 2. The van der Waals surface area contributed by atoms with Crippen molar-refractivity contribution in [1.82, 2.24) is 5.32 Å². The Morgan fingerprint density at radius 2 is 2.19 bits per heavy atom. The molecule has 5 heteroatoms. The van der Waals surface area contributed by atoms with E-state index in [-0.39, 0.29) is 11.4 Å². The number of carboxylic acids is 1. The van der Waals surface area contributed by atoms with Crippen molar-refractivity contribution < 1.29 is 19.4 Å². The van der Waals surface area contributed by atoms with Gasteiger partial charge >= 0.3 is 5.97 Å². The Morgan fingerprint density at radius 3 is 2.81 bits per heavy atom. The molecular formula is C16H19NO4. The van der Waals surface area contributed by atoms with Gasteiger partial charge in [-0.25, -0.2) is 4.79 Å². The number of hydrogen-bond acceptors (Lipinski definition) is 3. The molecule has 1 aromatic rings. The summed E-state index contributed by atoms with van der Waals surface area (Å²) in [4.78, 5) is 23.0. The molecule has 0 radical (unpaired) electrons. The Kier molecular flexibility index (Phi) is 4.43. The lowest BCUT2D eigenvalue weighted by Crippen LogP contribution is -2.46. The predicted molar refractivity (Wildman–Crippen MR) is 79.2 cm³/mol. The van der Waals surface area contributed by atoms with Crippen molar-refractivity contribution in [2.45, 2.75) is 25.8 Å². The molecule has 2 rings (SSSR count). The summed E-state index contributed by atoms with van der Waals surface area (Å²) >= 11 is 0. The van der Waals surface area contributed by atoms with Crippen LogP contribution in [-0.4, -0.2) is 35.7 Å². The number of ether oxygens (including phenoxy) is 1. The molecule has 1 heterocycles. The quantitative estimate of drug-likeness (QED) is 0.831. The number of carboxylic acid groups (broad SMARTS) is 1. The topological polar surface area (TPSA) is 75.6 Å². The molecule has 21 heavy (non-hydrogen) atoms. The predicted octanol–water partition coefficient (Wildman–Crippen LogP) is 2.00. The molecule has 1 atom stereocenters. The van der Waals surface area contributed by atoms with E-state index in [1.807, 2.05) is 19.9 Å². The summed E-state index contributed by atoms with van der Waals surface area (Å²) in [6.07, 6.45) is 3.31. The van der Waals surface area contributed by atoms with E-state index in [9.17, 15) is 9.59 Å². The van der Waals surface area contributed by atoms with Crippen LogP contribution in [0.5, 0.6) is 0 Å². The van der Waals surface area contributed by atoms with E-state index in [4.69, 9.17) is 9.84 Å². The first-order valence-corrected chi connectivity index (χ1v) is 6.82. The first-order chi connectivity index (χ1) is 9.89. The fourth-order valence-electron chi connectivity index (χ4n) is 2.26. The average Bonchev–Trinajstić information content (AvgIpc) is 2.84. The molecular weight excluding hydrogens is 270 g/mol. The Labute approximate surface area is 123 Å². The third-order valence-corrected chi connectivity index (χ3v) is 3.56. The van der Waals surface area contributed by atoms with E-state index < -0.39 is 5.97 Å². The summed E-state index contributed by atoms with van der Waals surface area (Å²) in [7, 11) is 0. The van der Waals surface area contributed by atoms with Crippen LogP contribution in [0.2, 0.25) is 0 Å². The van der Waals surface area contributed by atoms with Gasteiger partial charge in [0.05, 0.1) is 12.1 Å². The number of rotatable bonds is 4. The van der Waals surface area contributed by atoms with Crippen molar-refractivity contribution >= 4 is 18.0 Å². The Hall–Kier alpha value is -2.14. The molecule has 1 unspecified atom stereocenters. The zero-order chi connectivity index (χ0) is 15.5. The summed E-state index contributed by atoms with van der Waals surface area (Å²) in [5.74, 6) is -1.18. The van der Waals surface area contributed by atoms with Gasteiger partial charge < -0.3 is 15.2 Å². The van der Waals surface area contributed by atoms with E-state index in [1.165, 1.54) is 6.08 Å². The maximum atomic E-state index is 12.4. The first kappa shape index (κ1) is 15.3. The van der Waals surface area contributed by atoms with Crippen molar-refractivity contribution in [3.05, 3.63) is 41.0 Å². The SMILES string of the molecule is Cc1ccc(/C=C/C(=O)O)cc1C(=O)NC1(C)CCOC1. The van der Waals surface area contributed by atoms with Crippen LogP contribution in [-0.2, 0) is 9.53 Å². The molecule has 1 amide bonds. The van der Waals surface area contributed by atoms with Gasteiger partial charge in [0, 0.05) is 18.2 Å². The monoisotopic (exact) mass is 289 g/mol. The zero-order valence-corrected chi connectivity index (χ0v) is 12.2. The molecule has 0 aliphatic carbocycles. The number of aryl methyl sites for hydroxylation is 1. The van der Waals surface area contributed by atoms with Gasteiger partial charge in [-0.1, -0.05) is 12.1 Å².